The summed E-state index contributed by atoms with van der Waals surface area (Å²) >= 11 is 0. The first-order valence-corrected chi connectivity index (χ1v) is 10.6. The third-order valence-corrected chi connectivity index (χ3v) is 6.69. The molecule has 0 fully saturated rings. The fourth-order valence-electron chi connectivity index (χ4n) is 4.07. The summed E-state index contributed by atoms with van der Waals surface area (Å²) in [6.07, 6.45) is 0. The van der Waals surface area contributed by atoms with Gasteiger partial charge in [-0.2, -0.15) is 0 Å². The highest BCUT2D eigenvalue weighted by molar-refractivity contribution is 7.27. The Balaban J connectivity index is 3.03. The summed E-state index contributed by atoms with van der Waals surface area (Å²) in [5.41, 5.74) is 13.1. The van der Waals surface area contributed by atoms with Crippen molar-refractivity contribution < 1.29 is 0 Å². The van der Waals surface area contributed by atoms with Crippen LogP contribution in [0.2, 0.25) is 0 Å². The van der Waals surface area contributed by atoms with E-state index in [4.69, 9.17) is 0 Å². The summed E-state index contributed by atoms with van der Waals surface area (Å²) in [5.74, 6) is 1.54. The van der Waals surface area contributed by atoms with Crippen LogP contribution >= 0.6 is 9.24 Å². The minimum Gasteiger partial charge on any atom is -0.105 e. The molecule has 0 bridgehead atoms. The topological polar surface area (TPSA) is 0 Å². The van der Waals surface area contributed by atoms with Crippen LogP contribution in [-0.4, -0.2) is 0 Å². The average Bonchev–Trinajstić information content (AvgIpc) is 2.54. The van der Waals surface area contributed by atoms with Crippen molar-refractivity contribution >= 4 is 14.5 Å². The molecule has 0 aliphatic heterocycles. The van der Waals surface area contributed by atoms with Crippen molar-refractivity contribution in [2.45, 2.75) is 87.0 Å². The lowest BCUT2D eigenvalue weighted by Gasteiger charge is -2.28. The molecule has 0 radical (unpaired) electrons. The van der Waals surface area contributed by atoms with Crippen LogP contribution in [0.5, 0.6) is 0 Å². The summed E-state index contributed by atoms with van der Waals surface area (Å²) in [4.78, 5) is 0. The Morgan fingerprint density at radius 1 is 0.654 bits per heavy atom. The van der Waals surface area contributed by atoms with Crippen molar-refractivity contribution in [3.8, 4) is 11.1 Å². The van der Waals surface area contributed by atoms with E-state index in [-0.39, 0.29) is 0 Å². The summed E-state index contributed by atoms with van der Waals surface area (Å²) in [6, 6.07) is 4.90. The molecule has 26 heavy (non-hydrogen) atoms. The van der Waals surface area contributed by atoms with Gasteiger partial charge >= 0.3 is 0 Å². The molecule has 142 valence electrons. The zero-order valence-corrected chi connectivity index (χ0v) is 19.6. The van der Waals surface area contributed by atoms with Gasteiger partial charge < -0.3 is 0 Å². The molecule has 1 atom stereocenters. The lowest BCUT2D eigenvalue weighted by atomic mass is 9.79. The molecule has 2 aromatic carbocycles. The number of hydrogen-bond donors (Lipinski definition) is 0. The van der Waals surface area contributed by atoms with Crippen LogP contribution < -0.4 is 5.30 Å². The molecular weight excluding hydrogens is 331 g/mol. The Bertz CT molecular complexity index is 823. The van der Waals surface area contributed by atoms with Gasteiger partial charge in [0.15, 0.2) is 0 Å². The quantitative estimate of drug-likeness (QED) is 0.491. The maximum atomic E-state index is 3.07. The van der Waals surface area contributed by atoms with E-state index < -0.39 is 0 Å². The van der Waals surface area contributed by atoms with Crippen molar-refractivity contribution in [2.24, 2.45) is 0 Å². The number of hydrogen-bond acceptors (Lipinski definition) is 0. The molecule has 1 heteroatoms. The second kappa shape index (κ2) is 7.85. The summed E-state index contributed by atoms with van der Waals surface area (Å²) in [6.45, 7) is 23.0. The molecule has 0 N–H and O–H groups in total. The van der Waals surface area contributed by atoms with E-state index in [0.29, 0.717) is 17.8 Å². The van der Waals surface area contributed by atoms with Crippen LogP contribution in [-0.2, 0) is 0 Å². The number of aryl methyl sites for hydroxylation is 1. The predicted molar refractivity (Wildman–Crippen MR) is 122 cm³/mol. The molecular formula is C25H37P. The summed E-state index contributed by atoms with van der Waals surface area (Å²) in [5, 5.41) is 1.41. The van der Waals surface area contributed by atoms with E-state index in [9.17, 15) is 0 Å². The fourth-order valence-corrected chi connectivity index (χ4v) is 4.96. The van der Waals surface area contributed by atoms with Crippen LogP contribution in [0.15, 0.2) is 12.1 Å². The maximum Gasteiger partial charge on any atom is -0.0105 e. The van der Waals surface area contributed by atoms with Gasteiger partial charge in [0.1, 0.15) is 0 Å². The van der Waals surface area contributed by atoms with E-state index >= 15 is 0 Å². The molecule has 0 amide bonds. The average molecular weight is 369 g/mol. The van der Waals surface area contributed by atoms with E-state index in [1.54, 1.807) is 0 Å². The minimum atomic E-state index is 0.495. The Hall–Kier alpha value is -1.13. The zero-order valence-electron chi connectivity index (χ0n) is 18.5. The fraction of sp³-hybridized carbons (Fsp3) is 0.520. The monoisotopic (exact) mass is 368 g/mol. The Kier molecular flexibility index (Phi) is 6.40. The van der Waals surface area contributed by atoms with Gasteiger partial charge in [-0.1, -0.05) is 53.7 Å². The lowest BCUT2D eigenvalue weighted by Crippen LogP contribution is -2.17. The first-order chi connectivity index (χ1) is 12.0. The first-order valence-electron chi connectivity index (χ1n) is 10.0. The van der Waals surface area contributed by atoms with E-state index in [2.05, 4.69) is 90.6 Å². The highest BCUT2D eigenvalue weighted by Gasteiger charge is 2.23. The van der Waals surface area contributed by atoms with Crippen molar-refractivity contribution in [1.82, 2.24) is 0 Å². The third kappa shape index (κ3) is 3.63. The van der Waals surface area contributed by atoms with Gasteiger partial charge in [0.05, 0.1) is 0 Å². The first kappa shape index (κ1) is 21.2. The molecule has 0 aromatic heterocycles. The molecule has 2 aromatic rings. The molecule has 0 spiro atoms. The Labute approximate surface area is 164 Å². The van der Waals surface area contributed by atoms with Gasteiger partial charge in [0.2, 0.25) is 0 Å². The van der Waals surface area contributed by atoms with Crippen molar-refractivity contribution in [2.75, 3.05) is 0 Å². The highest BCUT2D eigenvalue weighted by atomic mass is 31.0. The smallest absolute Gasteiger partial charge is 0.0105 e. The van der Waals surface area contributed by atoms with Crippen LogP contribution in [0.1, 0.15) is 98.2 Å². The predicted octanol–water partition coefficient (Wildman–Crippen LogP) is 7.46. The molecule has 0 heterocycles. The van der Waals surface area contributed by atoms with E-state index in [1.807, 2.05) is 0 Å². The van der Waals surface area contributed by atoms with Crippen molar-refractivity contribution in [1.29, 1.82) is 0 Å². The van der Waals surface area contributed by atoms with Gasteiger partial charge in [0, 0.05) is 0 Å². The van der Waals surface area contributed by atoms with Crippen molar-refractivity contribution in [3.05, 3.63) is 51.1 Å². The minimum absolute atomic E-state index is 0.495. The summed E-state index contributed by atoms with van der Waals surface area (Å²) in [7, 11) is 3.07. The molecule has 0 nitrogen and oxygen atoms in total. The molecule has 0 aliphatic carbocycles. The molecule has 1 unspecified atom stereocenters. The maximum absolute atomic E-state index is 3.07. The van der Waals surface area contributed by atoms with Gasteiger partial charge in [-0.25, -0.2) is 0 Å². The van der Waals surface area contributed by atoms with Gasteiger partial charge in [-0.3, -0.25) is 0 Å². The van der Waals surface area contributed by atoms with Gasteiger partial charge in [0.25, 0.3) is 0 Å². The number of rotatable bonds is 4. The molecule has 2 rings (SSSR count). The van der Waals surface area contributed by atoms with Crippen LogP contribution in [0, 0.1) is 27.7 Å². The Morgan fingerprint density at radius 2 is 1.19 bits per heavy atom. The second-order valence-electron chi connectivity index (χ2n) is 8.84. The van der Waals surface area contributed by atoms with Gasteiger partial charge in [-0.15, -0.1) is 9.24 Å². The molecule has 0 saturated carbocycles. The van der Waals surface area contributed by atoms with Gasteiger partial charge in [-0.05, 0) is 101 Å². The van der Waals surface area contributed by atoms with Crippen LogP contribution in [0.3, 0.4) is 0 Å². The van der Waals surface area contributed by atoms with E-state index in [0.717, 1.165) is 0 Å². The zero-order chi connectivity index (χ0) is 19.9. The lowest BCUT2D eigenvalue weighted by molar-refractivity contribution is 0.816. The SMILES string of the molecule is Cc1cc(-c2c(C(C)C)cc(C(C)C)c(P)c2C(C)C)c(C)c(C)c1C. The highest BCUT2D eigenvalue weighted by Crippen LogP contribution is 2.41. The third-order valence-electron chi connectivity index (χ3n) is 6.04. The van der Waals surface area contributed by atoms with Crippen LogP contribution in [0.4, 0.5) is 0 Å². The molecule has 0 saturated heterocycles. The summed E-state index contributed by atoms with van der Waals surface area (Å²) < 4.78 is 0. The standard InChI is InChI=1S/C25H37P/c1-13(2)20-12-21(14(3)4)25(26)23(15(5)6)24(20)22-11-16(7)17(8)18(9)19(22)10/h11-15H,26H2,1-10H3. The normalized spacial score (nSPS) is 11.9. The number of benzene rings is 2. The van der Waals surface area contributed by atoms with Crippen molar-refractivity contribution in [3.63, 3.8) is 0 Å². The largest absolute Gasteiger partial charge is 0.105 e. The second-order valence-corrected chi connectivity index (χ2v) is 9.41. The van der Waals surface area contributed by atoms with E-state index in [1.165, 1.54) is 55.4 Å². The molecule has 0 aliphatic rings. The van der Waals surface area contributed by atoms with Crippen LogP contribution in [0.25, 0.3) is 11.1 Å². The Morgan fingerprint density at radius 3 is 1.65 bits per heavy atom.